The van der Waals surface area contributed by atoms with E-state index in [1.54, 1.807) is 0 Å². The van der Waals surface area contributed by atoms with Crippen molar-refractivity contribution in [1.82, 2.24) is 4.90 Å². The van der Waals surface area contributed by atoms with Gasteiger partial charge in [-0.05, 0) is 32.9 Å². The number of likely N-dealkylation sites (tertiary alicyclic amines) is 1. The van der Waals surface area contributed by atoms with Crippen molar-refractivity contribution < 1.29 is 18.0 Å². The lowest BCUT2D eigenvalue weighted by Crippen LogP contribution is -2.47. The molecule has 0 N–H and O–H groups in total. The van der Waals surface area contributed by atoms with Gasteiger partial charge in [-0.15, -0.1) is 0 Å². The molecule has 0 aliphatic carbocycles. The van der Waals surface area contributed by atoms with E-state index in [9.17, 15) is 18.0 Å². The highest BCUT2D eigenvalue weighted by Gasteiger charge is 2.40. The minimum absolute atomic E-state index is 0.0494. The fourth-order valence-electron chi connectivity index (χ4n) is 1.65. The molecule has 1 rings (SSSR count). The summed E-state index contributed by atoms with van der Waals surface area (Å²) in [7, 11) is 0. The normalized spacial score (nSPS) is 23.4. The SMILES string of the molecule is CC(N1CCC(C=O)CC1)C(F)(F)F. The molecule has 0 spiro atoms. The summed E-state index contributed by atoms with van der Waals surface area (Å²) < 4.78 is 36.9. The Morgan fingerprint density at radius 2 is 1.86 bits per heavy atom. The lowest BCUT2D eigenvalue weighted by molar-refractivity contribution is -0.181. The van der Waals surface area contributed by atoms with Gasteiger partial charge in [0.15, 0.2) is 0 Å². The maximum atomic E-state index is 12.3. The number of halogens is 3. The Hall–Kier alpha value is -0.580. The molecule has 1 aliphatic rings. The van der Waals surface area contributed by atoms with Crippen molar-refractivity contribution >= 4 is 6.29 Å². The largest absolute Gasteiger partial charge is 0.403 e. The van der Waals surface area contributed by atoms with E-state index in [-0.39, 0.29) is 5.92 Å². The fourth-order valence-corrected chi connectivity index (χ4v) is 1.65. The molecule has 0 bridgehead atoms. The molecular weight excluding hydrogens is 195 g/mol. The smallest absolute Gasteiger partial charge is 0.303 e. The summed E-state index contributed by atoms with van der Waals surface area (Å²) >= 11 is 0. The average molecular weight is 209 g/mol. The number of aldehydes is 1. The van der Waals surface area contributed by atoms with Crippen LogP contribution >= 0.6 is 0 Å². The zero-order valence-corrected chi connectivity index (χ0v) is 8.05. The second-order valence-electron chi connectivity index (χ2n) is 3.73. The maximum Gasteiger partial charge on any atom is 0.403 e. The summed E-state index contributed by atoms with van der Waals surface area (Å²) in [5.41, 5.74) is 0. The molecule has 0 saturated carbocycles. The standard InChI is InChI=1S/C9H14F3NO/c1-7(9(10,11)12)13-4-2-8(6-14)3-5-13/h6-8H,2-5H2,1H3. The van der Waals surface area contributed by atoms with Crippen molar-refractivity contribution in [2.75, 3.05) is 13.1 Å². The number of rotatable bonds is 2. The van der Waals surface area contributed by atoms with Gasteiger partial charge in [0.1, 0.15) is 12.3 Å². The van der Waals surface area contributed by atoms with Gasteiger partial charge >= 0.3 is 6.18 Å². The molecule has 1 fully saturated rings. The van der Waals surface area contributed by atoms with E-state index in [0.717, 1.165) is 6.29 Å². The molecule has 2 nitrogen and oxygen atoms in total. The highest BCUT2D eigenvalue weighted by molar-refractivity contribution is 5.53. The second-order valence-corrected chi connectivity index (χ2v) is 3.73. The summed E-state index contributed by atoms with van der Waals surface area (Å²) in [5.74, 6) is -0.0494. The molecular formula is C9H14F3NO. The number of hydrogen-bond acceptors (Lipinski definition) is 2. The number of hydrogen-bond donors (Lipinski definition) is 0. The van der Waals surface area contributed by atoms with Gasteiger partial charge in [0.05, 0.1) is 0 Å². The third kappa shape index (κ3) is 2.70. The zero-order chi connectivity index (χ0) is 10.8. The van der Waals surface area contributed by atoms with Crippen molar-refractivity contribution in [3.05, 3.63) is 0 Å². The van der Waals surface area contributed by atoms with Gasteiger partial charge in [0.2, 0.25) is 0 Å². The number of nitrogens with zero attached hydrogens (tertiary/aromatic N) is 1. The first-order valence-electron chi connectivity index (χ1n) is 4.71. The Balaban J connectivity index is 2.45. The zero-order valence-electron chi connectivity index (χ0n) is 8.05. The predicted octanol–water partition coefficient (Wildman–Crippen LogP) is 1.85. The molecule has 1 heterocycles. The van der Waals surface area contributed by atoms with E-state index >= 15 is 0 Å². The summed E-state index contributed by atoms with van der Waals surface area (Å²) in [4.78, 5) is 11.8. The molecule has 1 saturated heterocycles. The number of piperidine rings is 1. The summed E-state index contributed by atoms with van der Waals surface area (Å²) in [6, 6.07) is -1.39. The summed E-state index contributed by atoms with van der Waals surface area (Å²) in [5, 5.41) is 0. The summed E-state index contributed by atoms with van der Waals surface area (Å²) in [6.45, 7) is 1.90. The molecule has 1 aliphatic heterocycles. The van der Waals surface area contributed by atoms with Crippen LogP contribution in [0, 0.1) is 5.92 Å². The summed E-state index contributed by atoms with van der Waals surface area (Å²) in [6.07, 6.45) is -2.22. The first-order chi connectivity index (χ1) is 6.45. The Labute approximate surface area is 81.1 Å². The Kier molecular flexibility index (Phi) is 3.53. The molecule has 0 aromatic heterocycles. The van der Waals surface area contributed by atoms with Gasteiger partial charge in [-0.3, -0.25) is 4.90 Å². The monoisotopic (exact) mass is 209 g/mol. The minimum Gasteiger partial charge on any atom is -0.303 e. The van der Waals surface area contributed by atoms with E-state index in [2.05, 4.69) is 0 Å². The van der Waals surface area contributed by atoms with Crippen LogP contribution in [0.3, 0.4) is 0 Å². The molecule has 82 valence electrons. The fraction of sp³-hybridized carbons (Fsp3) is 0.889. The van der Waals surface area contributed by atoms with Crippen molar-refractivity contribution in [1.29, 1.82) is 0 Å². The van der Waals surface area contributed by atoms with Crippen molar-refractivity contribution in [3.8, 4) is 0 Å². The Morgan fingerprint density at radius 1 is 1.36 bits per heavy atom. The maximum absolute atomic E-state index is 12.3. The third-order valence-corrected chi connectivity index (χ3v) is 2.79. The number of carbonyl (C=O) groups is 1. The van der Waals surface area contributed by atoms with Crippen molar-refractivity contribution in [2.24, 2.45) is 5.92 Å². The molecule has 0 radical (unpaired) electrons. The van der Waals surface area contributed by atoms with Gasteiger partial charge in [0.25, 0.3) is 0 Å². The lowest BCUT2D eigenvalue weighted by Gasteiger charge is -2.35. The van der Waals surface area contributed by atoms with Crippen LogP contribution < -0.4 is 0 Å². The molecule has 5 heteroatoms. The molecule has 0 aromatic rings. The van der Waals surface area contributed by atoms with E-state index in [1.807, 2.05) is 0 Å². The molecule has 14 heavy (non-hydrogen) atoms. The molecule has 1 atom stereocenters. The van der Waals surface area contributed by atoms with E-state index in [0.29, 0.717) is 25.9 Å². The second kappa shape index (κ2) is 4.29. The Morgan fingerprint density at radius 3 is 2.21 bits per heavy atom. The van der Waals surface area contributed by atoms with E-state index < -0.39 is 12.2 Å². The first-order valence-corrected chi connectivity index (χ1v) is 4.71. The van der Waals surface area contributed by atoms with Crippen LogP contribution in [-0.2, 0) is 4.79 Å². The van der Waals surface area contributed by atoms with E-state index in [1.165, 1.54) is 11.8 Å². The quantitative estimate of drug-likeness (QED) is 0.647. The molecule has 1 unspecified atom stereocenters. The van der Waals surface area contributed by atoms with Crippen LogP contribution in [0.25, 0.3) is 0 Å². The first kappa shape index (κ1) is 11.5. The van der Waals surface area contributed by atoms with E-state index in [4.69, 9.17) is 0 Å². The predicted molar refractivity (Wildman–Crippen MR) is 45.9 cm³/mol. The van der Waals surface area contributed by atoms with Gasteiger partial charge in [-0.2, -0.15) is 13.2 Å². The highest BCUT2D eigenvalue weighted by atomic mass is 19.4. The van der Waals surface area contributed by atoms with Crippen LogP contribution in [-0.4, -0.2) is 36.5 Å². The third-order valence-electron chi connectivity index (χ3n) is 2.79. The highest BCUT2D eigenvalue weighted by Crippen LogP contribution is 2.27. The van der Waals surface area contributed by atoms with Gasteiger partial charge in [0, 0.05) is 5.92 Å². The van der Waals surface area contributed by atoms with Crippen molar-refractivity contribution in [3.63, 3.8) is 0 Å². The average Bonchev–Trinajstić information content (AvgIpc) is 2.15. The van der Waals surface area contributed by atoms with Crippen LogP contribution in [0.15, 0.2) is 0 Å². The number of alkyl halides is 3. The minimum atomic E-state index is -4.16. The molecule has 0 amide bonds. The Bertz CT molecular complexity index is 197. The van der Waals surface area contributed by atoms with Crippen LogP contribution in [0.2, 0.25) is 0 Å². The number of carbonyl (C=O) groups excluding carboxylic acids is 1. The van der Waals surface area contributed by atoms with Crippen LogP contribution in [0.1, 0.15) is 19.8 Å². The van der Waals surface area contributed by atoms with Gasteiger partial charge < -0.3 is 4.79 Å². The van der Waals surface area contributed by atoms with Crippen LogP contribution in [0.4, 0.5) is 13.2 Å². The van der Waals surface area contributed by atoms with Crippen molar-refractivity contribution in [2.45, 2.75) is 32.0 Å². The molecule has 0 aromatic carbocycles. The van der Waals surface area contributed by atoms with Crippen LogP contribution in [0.5, 0.6) is 0 Å². The van der Waals surface area contributed by atoms with Gasteiger partial charge in [-0.25, -0.2) is 0 Å². The lowest BCUT2D eigenvalue weighted by atomic mass is 9.97. The topological polar surface area (TPSA) is 20.3 Å². The van der Waals surface area contributed by atoms with Gasteiger partial charge in [-0.1, -0.05) is 0 Å².